The van der Waals surface area contributed by atoms with Crippen LogP contribution >= 0.6 is 11.8 Å². The number of carbonyl (C=O) groups excluding carboxylic acids is 3. The van der Waals surface area contributed by atoms with Gasteiger partial charge in [-0.05, 0) is 52.2 Å². The molecule has 0 aliphatic heterocycles. The number of methoxy groups -OCH3 is 1. The number of alkyl carbamates (subject to hydrolysis) is 1. The van der Waals surface area contributed by atoms with Crippen molar-refractivity contribution >= 4 is 29.7 Å². The van der Waals surface area contributed by atoms with Gasteiger partial charge in [0.1, 0.15) is 11.6 Å². The maximum absolute atomic E-state index is 12.4. The Balaban J connectivity index is 4.82. The number of carbonyl (C=O) groups is 3. The van der Waals surface area contributed by atoms with E-state index in [0.29, 0.717) is 13.0 Å². The molecule has 0 rings (SSSR count). The first-order valence-electron chi connectivity index (χ1n) is 9.97. The Morgan fingerprint density at radius 1 is 1.17 bits per heavy atom. The van der Waals surface area contributed by atoms with E-state index in [-0.39, 0.29) is 24.4 Å². The summed E-state index contributed by atoms with van der Waals surface area (Å²) in [6.07, 6.45) is 2.86. The standard InChI is InChI=1S/C20H39N3O5S/c1-9-14(2)16(22-19(26)28-20(3,4)5)12-23(6)13-17(24)21-15(10-11-29-8)18(25)27-7/h14-16H,9-13H2,1-8H3,(H,21,24)(H,22,26)/t14-,15-,16+/m0/s1. The van der Waals surface area contributed by atoms with Crippen molar-refractivity contribution in [2.45, 2.75) is 65.1 Å². The molecule has 0 radical (unpaired) electrons. The Morgan fingerprint density at radius 2 is 1.79 bits per heavy atom. The zero-order chi connectivity index (χ0) is 22.6. The molecule has 0 heterocycles. The van der Waals surface area contributed by atoms with Gasteiger partial charge < -0.3 is 20.1 Å². The van der Waals surface area contributed by atoms with Crippen molar-refractivity contribution in [3.8, 4) is 0 Å². The van der Waals surface area contributed by atoms with Gasteiger partial charge in [0.25, 0.3) is 0 Å². The molecule has 0 unspecified atom stereocenters. The molecule has 0 fully saturated rings. The smallest absolute Gasteiger partial charge is 0.407 e. The lowest BCUT2D eigenvalue weighted by Gasteiger charge is -2.30. The number of thioether (sulfide) groups is 1. The number of nitrogens with zero attached hydrogens (tertiary/aromatic N) is 1. The number of esters is 1. The van der Waals surface area contributed by atoms with Crippen molar-refractivity contribution in [1.82, 2.24) is 15.5 Å². The molecule has 29 heavy (non-hydrogen) atoms. The second-order valence-electron chi connectivity index (χ2n) is 8.26. The highest BCUT2D eigenvalue weighted by molar-refractivity contribution is 7.98. The largest absolute Gasteiger partial charge is 0.467 e. The van der Waals surface area contributed by atoms with Gasteiger partial charge >= 0.3 is 12.1 Å². The van der Waals surface area contributed by atoms with Crippen LogP contribution in [0.2, 0.25) is 0 Å². The van der Waals surface area contributed by atoms with E-state index in [0.717, 1.165) is 12.2 Å². The fourth-order valence-corrected chi connectivity index (χ4v) is 3.10. The third-order valence-electron chi connectivity index (χ3n) is 4.39. The summed E-state index contributed by atoms with van der Waals surface area (Å²) >= 11 is 1.60. The molecule has 0 aromatic rings. The van der Waals surface area contributed by atoms with Crippen LogP contribution in [0, 0.1) is 5.92 Å². The summed E-state index contributed by atoms with van der Waals surface area (Å²) < 4.78 is 10.1. The van der Waals surface area contributed by atoms with Gasteiger partial charge in [0.2, 0.25) is 5.91 Å². The molecular formula is C20H39N3O5S. The summed E-state index contributed by atoms with van der Waals surface area (Å²) in [5.41, 5.74) is -0.574. The number of amides is 2. The van der Waals surface area contributed by atoms with Gasteiger partial charge in [0.05, 0.1) is 13.7 Å². The van der Waals surface area contributed by atoms with Crippen molar-refractivity contribution in [3.63, 3.8) is 0 Å². The van der Waals surface area contributed by atoms with Crippen LogP contribution in [0.4, 0.5) is 4.79 Å². The summed E-state index contributed by atoms with van der Waals surface area (Å²) in [4.78, 5) is 38.2. The first-order chi connectivity index (χ1) is 13.4. The molecule has 170 valence electrons. The van der Waals surface area contributed by atoms with Gasteiger partial charge in [-0.3, -0.25) is 9.69 Å². The maximum atomic E-state index is 12.4. The van der Waals surface area contributed by atoms with Crippen molar-refractivity contribution in [2.24, 2.45) is 5.92 Å². The van der Waals surface area contributed by atoms with Crippen molar-refractivity contribution in [1.29, 1.82) is 0 Å². The average Bonchev–Trinajstić information content (AvgIpc) is 2.61. The zero-order valence-electron chi connectivity index (χ0n) is 19.2. The third-order valence-corrected chi connectivity index (χ3v) is 5.03. The van der Waals surface area contributed by atoms with E-state index in [1.165, 1.54) is 7.11 Å². The zero-order valence-corrected chi connectivity index (χ0v) is 20.0. The van der Waals surface area contributed by atoms with Crippen LogP contribution in [0.3, 0.4) is 0 Å². The maximum Gasteiger partial charge on any atom is 0.407 e. The van der Waals surface area contributed by atoms with Crippen LogP contribution < -0.4 is 10.6 Å². The quantitative estimate of drug-likeness (QED) is 0.456. The summed E-state index contributed by atoms with van der Waals surface area (Å²) in [7, 11) is 3.12. The summed E-state index contributed by atoms with van der Waals surface area (Å²) in [5.74, 6) is 0.243. The van der Waals surface area contributed by atoms with Crippen LogP contribution in [0.15, 0.2) is 0 Å². The van der Waals surface area contributed by atoms with E-state index in [2.05, 4.69) is 10.6 Å². The van der Waals surface area contributed by atoms with Crippen LogP contribution in [0.1, 0.15) is 47.5 Å². The predicted octanol–water partition coefficient (Wildman–Crippen LogP) is 2.27. The molecule has 2 amide bonds. The number of nitrogens with one attached hydrogen (secondary N) is 2. The lowest BCUT2D eigenvalue weighted by molar-refractivity contribution is -0.145. The molecule has 0 aliphatic carbocycles. The minimum Gasteiger partial charge on any atom is -0.467 e. The fourth-order valence-electron chi connectivity index (χ4n) is 2.62. The second-order valence-corrected chi connectivity index (χ2v) is 9.25. The van der Waals surface area contributed by atoms with E-state index < -0.39 is 23.7 Å². The Bertz CT molecular complexity index is 525. The number of hydrogen-bond donors (Lipinski definition) is 2. The van der Waals surface area contributed by atoms with Crippen molar-refractivity contribution in [2.75, 3.05) is 39.3 Å². The topological polar surface area (TPSA) is 97.0 Å². The first-order valence-corrected chi connectivity index (χ1v) is 11.4. The average molecular weight is 434 g/mol. The summed E-state index contributed by atoms with van der Waals surface area (Å²) in [5, 5.41) is 5.65. The number of rotatable bonds is 12. The molecule has 0 spiro atoms. The van der Waals surface area contributed by atoms with Crippen LogP contribution in [0.25, 0.3) is 0 Å². The predicted molar refractivity (Wildman–Crippen MR) is 117 cm³/mol. The summed E-state index contributed by atoms with van der Waals surface area (Å²) in [6, 6.07) is -0.820. The van der Waals surface area contributed by atoms with Gasteiger partial charge in [-0.15, -0.1) is 0 Å². The van der Waals surface area contributed by atoms with Crippen LogP contribution in [-0.2, 0) is 19.1 Å². The molecule has 0 aliphatic rings. The minimum atomic E-state index is -0.654. The molecule has 2 N–H and O–H groups in total. The molecule has 0 saturated heterocycles. The second kappa shape index (κ2) is 13.7. The van der Waals surface area contributed by atoms with Gasteiger partial charge in [-0.1, -0.05) is 20.3 Å². The fraction of sp³-hybridized carbons (Fsp3) is 0.850. The SMILES string of the molecule is CC[C@H](C)[C@@H](CN(C)CC(=O)N[C@@H](CCSC)C(=O)OC)NC(=O)OC(C)(C)C. The number of ether oxygens (including phenoxy) is 2. The Kier molecular flexibility index (Phi) is 13.0. The van der Waals surface area contributed by atoms with Crippen molar-refractivity contribution in [3.05, 3.63) is 0 Å². The van der Waals surface area contributed by atoms with Gasteiger partial charge in [-0.2, -0.15) is 11.8 Å². The first kappa shape index (κ1) is 27.5. The molecule has 0 saturated carbocycles. The number of likely N-dealkylation sites (N-methyl/N-ethyl adjacent to an activating group) is 1. The molecule has 0 aromatic carbocycles. The van der Waals surface area contributed by atoms with E-state index >= 15 is 0 Å². The normalized spacial score (nSPS) is 14.7. The minimum absolute atomic E-state index is 0.107. The van der Waals surface area contributed by atoms with E-state index in [1.54, 1.807) is 18.8 Å². The third kappa shape index (κ3) is 12.6. The molecule has 0 bridgehead atoms. The Labute approximate surface area is 179 Å². The molecule has 0 aromatic heterocycles. The molecular weight excluding hydrogens is 394 g/mol. The van der Waals surface area contributed by atoms with Gasteiger partial charge in [0, 0.05) is 12.6 Å². The summed E-state index contributed by atoms with van der Waals surface area (Å²) in [6.45, 7) is 10.1. The highest BCUT2D eigenvalue weighted by Crippen LogP contribution is 2.12. The Morgan fingerprint density at radius 3 is 2.28 bits per heavy atom. The van der Waals surface area contributed by atoms with E-state index in [1.807, 2.05) is 45.8 Å². The van der Waals surface area contributed by atoms with Crippen molar-refractivity contribution < 1.29 is 23.9 Å². The molecule has 8 nitrogen and oxygen atoms in total. The van der Waals surface area contributed by atoms with Gasteiger partial charge in [0.15, 0.2) is 0 Å². The van der Waals surface area contributed by atoms with Gasteiger partial charge in [-0.25, -0.2) is 9.59 Å². The molecule has 3 atom stereocenters. The lowest BCUT2D eigenvalue weighted by Crippen LogP contribution is -2.50. The van der Waals surface area contributed by atoms with E-state index in [9.17, 15) is 14.4 Å². The van der Waals surface area contributed by atoms with Crippen LogP contribution in [-0.4, -0.2) is 79.8 Å². The Hall–Kier alpha value is -1.48. The van der Waals surface area contributed by atoms with E-state index in [4.69, 9.17) is 9.47 Å². The molecule has 9 heteroatoms. The van der Waals surface area contributed by atoms with Crippen LogP contribution in [0.5, 0.6) is 0 Å². The monoisotopic (exact) mass is 433 g/mol. The highest BCUT2D eigenvalue weighted by atomic mass is 32.2. The lowest BCUT2D eigenvalue weighted by atomic mass is 9.99. The number of hydrogen-bond acceptors (Lipinski definition) is 7. The highest BCUT2D eigenvalue weighted by Gasteiger charge is 2.25.